The SMILES string of the molecule is CC(C)[Si](c1c2ccccc2c([Si](C(C)C)C(C)C)c2ccccc12)C(C)C. The Labute approximate surface area is 175 Å². The minimum atomic E-state index is -0.677. The van der Waals surface area contributed by atoms with Gasteiger partial charge in [0.05, 0.1) is 17.6 Å². The second-order valence-corrected chi connectivity index (χ2v) is 16.8. The molecule has 0 spiro atoms. The van der Waals surface area contributed by atoms with Crippen LogP contribution >= 0.6 is 0 Å². The van der Waals surface area contributed by atoms with Crippen molar-refractivity contribution in [2.45, 2.75) is 77.6 Å². The Kier molecular flexibility index (Phi) is 6.51. The van der Waals surface area contributed by atoms with Gasteiger partial charge < -0.3 is 0 Å². The molecule has 2 heteroatoms. The third-order valence-electron chi connectivity index (χ3n) is 6.00. The van der Waals surface area contributed by atoms with E-state index in [-0.39, 0.29) is 0 Å². The maximum atomic E-state index is 2.43. The van der Waals surface area contributed by atoms with Gasteiger partial charge in [-0.05, 0) is 54.1 Å². The Morgan fingerprint density at radius 2 is 0.643 bits per heavy atom. The van der Waals surface area contributed by atoms with Gasteiger partial charge >= 0.3 is 0 Å². The van der Waals surface area contributed by atoms with Crippen molar-refractivity contribution < 1.29 is 0 Å². The zero-order valence-corrected chi connectivity index (χ0v) is 20.9. The van der Waals surface area contributed by atoms with Crippen LogP contribution < -0.4 is 10.4 Å². The molecule has 3 aromatic rings. The monoisotopic (exact) mass is 404 g/mol. The summed E-state index contributed by atoms with van der Waals surface area (Å²) in [6.07, 6.45) is 0. The van der Waals surface area contributed by atoms with Crippen molar-refractivity contribution in [3.63, 3.8) is 0 Å². The molecular weight excluding hydrogens is 368 g/mol. The van der Waals surface area contributed by atoms with Crippen molar-refractivity contribution >= 4 is 49.5 Å². The van der Waals surface area contributed by atoms with Crippen LogP contribution in [-0.4, -0.2) is 17.6 Å². The molecule has 0 aliphatic rings. The summed E-state index contributed by atoms with van der Waals surface area (Å²) in [5.41, 5.74) is 2.90. The van der Waals surface area contributed by atoms with Crippen molar-refractivity contribution in [2.75, 3.05) is 0 Å². The van der Waals surface area contributed by atoms with Crippen LogP contribution in [0.2, 0.25) is 22.2 Å². The van der Waals surface area contributed by atoms with Gasteiger partial charge in [0.2, 0.25) is 0 Å². The van der Waals surface area contributed by atoms with Crippen molar-refractivity contribution in [3.8, 4) is 0 Å². The molecule has 0 saturated carbocycles. The maximum absolute atomic E-state index is 2.43. The molecule has 0 heterocycles. The van der Waals surface area contributed by atoms with Crippen LogP contribution in [-0.2, 0) is 0 Å². The molecule has 0 nitrogen and oxygen atoms in total. The van der Waals surface area contributed by atoms with E-state index >= 15 is 0 Å². The number of rotatable bonds is 6. The van der Waals surface area contributed by atoms with E-state index in [0.717, 1.165) is 22.2 Å². The molecule has 0 bridgehead atoms. The Bertz CT molecular complexity index is 802. The number of hydrogen-bond donors (Lipinski definition) is 0. The average molecular weight is 405 g/mol. The highest BCUT2D eigenvalue weighted by molar-refractivity contribution is 6.84. The van der Waals surface area contributed by atoms with Crippen molar-refractivity contribution in [2.24, 2.45) is 0 Å². The summed E-state index contributed by atoms with van der Waals surface area (Å²) in [4.78, 5) is 0. The molecule has 0 fully saturated rings. The van der Waals surface area contributed by atoms with E-state index in [1.165, 1.54) is 21.5 Å². The lowest BCUT2D eigenvalue weighted by molar-refractivity contribution is 0.951. The van der Waals surface area contributed by atoms with Crippen LogP contribution in [0.3, 0.4) is 0 Å². The Morgan fingerprint density at radius 1 is 0.429 bits per heavy atom. The highest BCUT2D eigenvalue weighted by Crippen LogP contribution is 2.31. The van der Waals surface area contributed by atoms with E-state index in [9.17, 15) is 0 Å². The predicted molar refractivity (Wildman–Crippen MR) is 133 cm³/mol. The maximum Gasteiger partial charge on any atom is 0.0927 e. The van der Waals surface area contributed by atoms with Crippen LogP contribution in [0.1, 0.15) is 55.4 Å². The predicted octanol–water partition coefficient (Wildman–Crippen LogP) is 7.04. The second kappa shape index (κ2) is 8.55. The van der Waals surface area contributed by atoms with Gasteiger partial charge in [-0.15, -0.1) is 0 Å². The average Bonchev–Trinajstić information content (AvgIpc) is 2.62. The molecular formula is C26H36Si2. The highest BCUT2D eigenvalue weighted by atomic mass is 28.3. The molecule has 3 rings (SSSR count). The summed E-state index contributed by atoms with van der Waals surface area (Å²) < 4.78 is 0. The van der Waals surface area contributed by atoms with Gasteiger partial charge in [-0.1, -0.05) is 104 Å². The van der Waals surface area contributed by atoms with E-state index in [1.54, 1.807) is 10.4 Å². The number of benzene rings is 3. The lowest BCUT2D eigenvalue weighted by Gasteiger charge is -2.31. The van der Waals surface area contributed by atoms with Gasteiger partial charge in [0.25, 0.3) is 0 Å². The van der Waals surface area contributed by atoms with Gasteiger partial charge in [-0.25, -0.2) is 0 Å². The van der Waals surface area contributed by atoms with Crippen LogP contribution in [0.4, 0.5) is 0 Å². The molecule has 2 radical (unpaired) electrons. The second-order valence-electron chi connectivity index (χ2n) is 9.37. The molecule has 0 aliphatic heterocycles. The number of hydrogen-bond acceptors (Lipinski definition) is 0. The molecule has 0 unspecified atom stereocenters. The fraction of sp³-hybridized carbons (Fsp3) is 0.462. The van der Waals surface area contributed by atoms with Crippen molar-refractivity contribution in [1.82, 2.24) is 0 Å². The summed E-state index contributed by atoms with van der Waals surface area (Å²) in [6.45, 7) is 19.5. The van der Waals surface area contributed by atoms with Crippen LogP contribution in [0.25, 0.3) is 21.5 Å². The van der Waals surface area contributed by atoms with Crippen molar-refractivity contribution in [3.05, 3.63) is 48.5 Å². The van der Waals surface area contributed by atoms with Gasteiger partial charge in [-0.2, -0.15) is 0 Å². The Balaban J connectivity index is 2.53. The smallest absolute Gasteiger partial charge is 0.0650 e. The quantitative estimate of drug-likeness (QED) is 0.305. The highest BCUT2D eigenvalue weighted by Gasteiger charge is 2.31. The topological polar surface area (TPSA) is 0 Å². The molecule has 28 heavy (non-hydrogen) atoms. The number of fused-ring (bicyclic) bond motifs is 2. The normalized spacial score (nSPS) is 12.8. The Hall–Kier alpha value is -1.39. The third-order valence-corrected chi connectivity index (χ3v) is 13.2. The molecule has 0 saturated heterocycles. The van der Waals surface area contributed by atoms with Gasteiger partial charge in [0, 0.05) is 0 Å². The molecule has 0 N–H and O–H groups in total. The van der Waals surface area contributed by atoms with Crippen molar-refractivity contribution in [1.29, 1.82) is 0 Å². The van der Waals surface area contributed by atoms with Gasteiger partial charge in [0.1, 0.15) is 0 Å². The fourth-order valence-electron chi connectivity index (χ4n) is 5.24. The molecule has 0 amide bonds. The summed E-state index contributed by atoms with van der Waals surface area (Å²) in [7, 11) is -1.35. The summed E-state index contributed by atoms with van der Waals surface area (Å²) in [5, 5.41) is 9.51. The van der Waals surface area contributed by atoms with E-state index in [2.05, 4.69) is 104 Å². The van der Waals surface area contributed by atoms with E-state index in [1.807, 2.05) is 0 Å². The first-order chi connectivity index (χ1) is 13.3. The standard InChI is InChI=1S/C26H36Si2/c1-17(2)27(18(3)4)25-21-13-9-11-15-23(21)26(28(19(5)6)20(7)8)24-16-12-10-14-22(24)25/h9-20H,1-8H3. The molecule has 3 aromatic carbocycles. The summed E-state index contributed by atoms with van der Waals surface area (Å²) in [5.74, 6) is 0. The van der Waals surface area contributed by atoms with Crippen LogP contribution in [0.5, 0.6) is 0 Å². The fourth-order valence-corrected chi connectivity index (χ4v) is 12.3. The zero-order chi connectivity index (χ0) is 20.6. The first-order valence-electron chi connectivity index (χ1n) is 10.9. The largest absolute Gasteiger partial charge is 0.0927 e. The molecule has 0 aliphatic carbocycles. The van der Waals surface area contributed by atoms with E-state index in [4.69, 9.17) is 0 Å². The lowest BCUT2D eigenvalue weighted by atomic mass is 10.0. The Morgan fingerprint density at radius 3 is 0.821 bits per heavy atom. The minimum absolute atomic E-state index is 0.677. The van der Waals surface area contributed by atoms with Crippen LogP contribution in [0.15, 0.2) is 48.5 Å². The summed E-state index contributed by atoms with van der Waals surface area (Å²) >= 11 is 0. The first kappa shape index (κ1) is 21.3. The first-order valence-corrected chi connectivity index (χ1v) is 14.2. The summed E-state index contributed by atoms with van der Waals surface area (Å²) in [6, 6.07) is 18.7. The lowest BCUT2D eigenvalue weighted by Crippen LogP contribution is -2.42. The van der Waals surface area contributed by atoms with Gasteiger partial charge in [-0.3, -0.25) is 0 Å². The minimum Gasteiger partial charge on any atom is -0.0650 e. The van der Waals surface area contributed by atoms with E-state index in [0.29, 0.717) is 0 Å². The molecule has 0 atom stereocenters. The molecule has 148 valence electrons. The van der Waals surface area contributed by atoms with Crippen LogP contribution in [0, 0.1) is 0 Å². The zero-order valence-electron chi connectivity index (χ0n) is 18.9. The van der Waals surface area contributed by atoms with E-state index < -0.39 is 17.6 Å². The van der Waals surface area contributed by atoms with Gasteiger partial charge in [0.15, 0.2) is 0 Å². The molecule has 0 aromatic heterocycles. The third kappa shape index (κ3) is 3.74.